The van der Waals surface area contributed by atoms with Crippen LogP contribution in [-0.2, 0) is 6.54 Å². The first-order valence-corrected chi connectivity index (χ1v) is 6.86. The van der Waals surface area contributed by atoms with E-state index in [9.17, 15) is 4.39 Å². The lowest BCUT2D eigenvalue weighted by atomic mass is 10.2. The van der Waals surface area contributed by atoms with Crippen LogP contribution in [0.25, 0.3) is 0 Å². The third-order valence-corrected chi connectivity index (χ3v) is 3.27. The van der Waals surface area contributed by atoms with Gasteiger partial charge in [-0.1, -0.05) is 17.7 Å². The largest absolute Gasteiger partial charge is 0.366 e. The van der Waals surface area contributed by atoms with Gasteiger partial charge in [-0.05, 0) is 18.2 Å². The predicted molar refractivity (Wildman–Crippen MR) is 82.6 cm³/mol. The molecule has 3 aromatic rings. The quantitative estimate of drug-likeness (QED) is 0.672. The normalized spacial score (nSPS) is 10.5. The Kier molecular flexibility index (Phi) is 4.15. The SMILES string of the molecule is Fc1cccc(Cl)c1CNc1ccnc(Nc2cn[nH]c2)n1. The lowest BCUT2D eigenvalue weighted by molar-refractivity contribution is 0.613. The van der Waals surface area contributed by atoms with Gasteiger partial charge in [0.2, 0.25) is 5.95 Å². The number of hydrogen-bond donors (Lipinski definition) is 3. The number of hydrogen-bond acceptors (Lipinski definition) is 5. The molecule has 8 heteroatoms. The van der Waals surface area contributed by atoms with E-state index in [1.165, 1.54) is 6.07 Å². The number of nitrogens with one attached hydrogen (secondary N) is 3. The van der Waals surface area contributed by atoms with Crippen LogP contribution in [0.3, 0.4) is 0 Å². The number of nitrogens with zero attached hydrogens (tertiary/aromatic N) is 3. The predicted octanol–water partition coefficient (Wildman–Crippen LogP) is 3.35. The van der Waals surface area contributed by atoms with Gasteiger partial charge in [-0.3, -0.25) is 5.10 Å². The van der Waals surface area contributed by atoms with E-state index in [2.05, 4.69) is 30.8 Å². The molecule has 0 saturated heterocycles. The van der Waals surface area contributed by atoms with Crippen molar-refractivity contribution in [3.05, 3.63) is 59.3 Å². The zero-order valence-corrected chi connectivity index (χ0v) is 12.1. The molecule has 0 aliphatic carbocycles. The summed E-state index contributed by atoms with van der Waals surface area (Å²) in [5.41, 5.74) is 1.14. The molecule has 6 nitrogen and oxygen atoms in total. The van der Waals surface area contributed by atoms with Crippen molar-refractivity contribution in [2.45, 2.75) is 6.54 Å². The summed E-state index contributed by atoms with van der Waals surface area (Å²) in [6.07, 6.45) is 4.89. The lowest BCUT2D eigenvalue weighted by Crippen LogP contribution is -2.06. The number of benzene rings is 1. The van der Waals surface area contributed by atoms with Crippen LogP contribution >= 0.6 is 11.6 Å². The van der Waals surface area contributed by atoms with Gasteiger partial charge in [0.25, 0.3) is 0 Å². The number of aromatic amines is 1. The summed E-state index contributed by atoms with van der Waals surface area (Å²) in [5, 5.41) is 12.9. The second-order valence-electron chi connectivity index (χ2n) is 4.43. The van der Waals surface area contributed by atoms with E-state index in [0.29, 0.717) is 22.4 Å². The molecule has 1 aromatic carbocycles. The molecule has 0 fully saturated rings. The van der Waals surface area contributed by atoms with Crippen LogP contribution in [0, 0.1) is 5.82 Å². The van der Waals surface area contributed by atoms with E-state index >= 15 is 0 Å². The molecule has 0 aliphatic heterocycles. The second-order valence-corrected chi connectivity index (χ2v) is 4.84. The molecule has 112 valence electrons. The summed E-state index contributed by atoms with van der Waals surface area (Å²) < 4.78 is 13.7. The van der Waals surface area contributed by atoms with E-state index in [1.807, 2.05) is 0 Å². The minimum absolute atomic E-state index is 0.230. The summed E-state index contributed by atoms with van der Waals surface area (Å²) in [6, 6.07) is 6.27. The van der Waals surface area contributed by atoms with Gasteiger partial charge in [-0.2, -0.15) is 10.1 Å². The summed E-state index contributed by atoms with van der Waals surface area (Å²) in [4.78, 5) is 8.38. The second kappa shape index (κ2) is 6.40. The fourth-order valence-corrected chi connectivity index (χ4v) is 2.08. The van der Waals surface area contributed by atoms with Crippen molar-refractivity contribution in [1.82, 2.24) is 20.2 Å². The molecule has 0 bridgehead atoms. The van der Waals surface area contributed by atoms with Gasteiger partial charge in [-0.25, -0.2) is 9.37 Å². The first-order chi connectivity index (χ1) is 10.7. The molecular weight excluding hydrogens is 307 g/mol. The Bertz CT molecular complexity index is 742. The monoisotopic (exact) mass is 318 g/mol. The third kappa shape index (κ3) is 3.32. The number of anilines is 3. The molecular formula is C14H12ClFN6. The lowest BCUT2D eigenvalue weighted by Gasteiger charge is -2.09. The molecule has 3 N–H and O–H groups in total. The van der Waals surface area contributed by atoms with Gasteiger partial charge in [0.1, 0.15) is 11.6 Å². The Balaban J connectivity index is 1.70. The van der Waals surface area contributed by atoms with Crippen LogP contribution in [0.1, 0.15) is 5.56 Å². The molecule has 0 saturated carbocycles. The Hall–Kier alpha value is -2.67. The molecule has 0 spiro atoms. The molecule has 2 aromatic heterocycles. The van der Waals surface area contributed by atoms with E-state index < -0.39 is 0 Å². The van der Waals surface area contributed by atoms with Crippen molar-refractivity contribution in [3.8, 4) is 0 Å². The summed E-state index contributed by atoms with van der Waals surface area (Å²) in [7, 11) is 0. The fourth-order valence-electron chi connectivity index (χ4n) is 1.85. The fraction of sp³-hybridized carbons (Fsp3) is 0.0714. The first kappa shape index (κ1) is 14.3. The van der Waals surface area contributed by atoms with Gasteiger partial charge >= 0.3 is 0 Å². The molecule has 2 heterocycles. The van der Waals surface area contributed by atoms with Crippen molar-refractivity contribution in [1.29, 1.82) is 0 Å². The minimum Gasteiger partial charge on any atom is -0.366 e. The number of aromatic nitrogens is 4. The van der Waals surface area contributed by atoms with Crippen LogP contribution in [-0.4, -0.2) is 20.2 Å². The van der Waals surface area contributed by atoms with Gasteiger partial charge in [0.15, 0.2) is 0 Å². The molecule has 22 heavy (non-hydrogen) atoms. The molecule has 0 atom stereocenters. The van der Waals surface area contributed by atoms with E-state index in [4.69, 9.17) is 11.6 Å². The van der Waals surface area contributed by atoms with Crippen LogP contribution in [0.4, 0.5) is 21.8 Å². The van der Waals surface area contributed by atoms with E-state index in [-0.39, 0.29) is 12.4 Å². The number of rotatable bonds is 5. The average Bonchev–Trinajstić information content (AvgIpc) is 3.00. The smallest absolute Gasteiger partial charge is 0.229 e. The van der Waals surface area contributed by atoms with Crippen LogP contribution in [0.2, 0.25) is 5.02 Å². The van der Waals surface area contributed by atoms with Crippen LogP contribution in [0.5, 0.6) is 0 Å². The average molecular weight is 319 g/mol. The van der Waals surface area contributed by atoms with Crippen molar-refractivity contribution in [3.63, 3.8) is 0 Å². The number of H-pyrrole nitrogens is 1. The molecule has 0 amide bonds. The molecule has 3 rings (SSSR count). The molecule has 0 aliphatic rings. The zero-order valence-electron chi connectivity index (χ0n) is 11.3. The first-order valence-electron chi connectivity index (χ1n) is 6.48. The summed E-state index contributed by atoms with van der Waals surface area (Å²) in [6.45, 7) is 0.230. The highest BCUT2D eigenvalue weighted by Gasteiger charge is 2.07. The van der Waals surface area contributed by atoms with Crippen molar-refractivity contribution in [2.24, 2.45) is 0 Å². The highest BCUT2D eigenvalue weighted by atomic mass is 35.5. The molecule has 0 unspecified atom stereocenters. The zero-order chi connectivity index (χ0) is 15.4. The van der Waals surface area contributed by atoms with Crippen molar-refractivity contribution in [2.75, 3.05) is 10.6 Å². The molecule has 0 radical (unpaired) electrons. The topological polar surface area (TPSA) is 78.5 Å². The Labute approximate surface area is 130 Å². The maximum absolute atomic E-state index is 13.7. The number of halogens is 2. The van der Waals surface area contributed by atoms with Gasteiger partial charge < -0.3 is 10.6 Å². The van der Waals surface area contributed by atoms with Gasteiger partial charge in [0.05, 0.1) is 11.9 Å². The highest BCUT2D eigenvalue weighted by Crippen LogP contribution is 2.20. The van der Waals surface area contributed by atoms with Gasteiger partial charge in [0, 0.05) is 29.5 Å². The summed E-state index contributed by atoms with van der Waals surface area (Å²) >= 11 is 5.99. The Morgan fingerprint density at radius 3 is 2.95 bits per heavy atom. The van der Waals surface area contributed by atoms with Crippen LogP contribution in [0.15, 0.2) is 42.9 Å². The maximum atomic E-state index is 13.7. The Morgan fingerprint density at radius 2 is 2.18 bits per heavy atom. The summed E-state index contributed by atoms with van der Waals surface area (Å²) in [5.74, 6) is 0.608. The van der Waals surface area contributed by atoms with Gasteiger partial charge in [-0.15, -0.1) is 0 Å². The Morgan fingerprint density at radius 1 is 1.27 bits per heavy atom. The van der Waals surface area contributed by atoms with E-state index in [1.54, 1.807) is 36.8 Å². The van der Waals surface area contributed by atoms with Crippen LogP contribution < -0.4 is 10.6 Å². The maximum Gasteiger partial charge on any atom is 0.229 e. The standard InChI is InChI=1S/C14H12ClFN6/c15-11-2-1-3-12(16)10(11)8-18-13-4-5-17-14(22-13)21-9-6-19-20-7-9/h1-7H,8H2,(H,19,20)(H2,17,18,21,22). The highest BCUT2D eigenvalue weighted by molar-refractivity contribution is 6.31. The van der Waals surface area contributed by atoms with Crippen molar-refractivity contribution < 1.29 is 4.39 Å². The van der Waals surface area contributed by atoms with Crippen molar-refractivity contribution >= 4 is 29.1 Å². The minimum atomic E-state index is -0.356. The van der Waals surface area contributed by atoms with E-state index in [0.717, 1.165) is 5.69 Å². The third-order valence-electron chi connectivity index (χ3n) is 2.92.